The van der Waals surface area contributed by atoms with E-state index in [4.69, 9.17) is 0 Å². The molecule has 0 bridgehead atoms. The molecule has 0 radical (unpaired) electrons. The molecule has 1 saturated heterocycles. The molecule has 1 aromatic carbocycles. The third-order valence-corrected chi connectivity index (χ3v) is 5.76. The Morgan fingerprint density at radius 1 is 1.29 bits per heavy atom. The van der Waals surface area contributed by atoms with Crippen LogP contribution in [-0.4, -0.2) is 21.8 Å². The maximum atomic E-state index is 12.0. The molecular formula is C12H13NO2S2. The fourth-order valence-electron chi connectivity index (χ4n) is 1.57. The molecule has 1 aliphatic rings. The first-order valence-corrected chi connectivity index (χ1v) is 7.41. The number of hydrogen-bond donors (Lipinski definition) is 1. The summed E-state index contributed by atoms with van der Waals surface area (Å²) in [6.07, 6.45) is 0. The Bertz CT molecular complexity index is 445. The third kappa shape index (κ3) is 2.66. The average molecular weight is 267 g/mol. The largest absolute Gasteiger partial charge is 0.340 e. The zero-order valence-electron chi connectivity index (χ0n) is 9.60. The Hall–Kier alpha value is -0.940. The summed E-state index contributed by atoms with van der Waals surface area (Å²) in [5.74, 6) is -0.194. The summed E-state index contributed by atoms with van der Waals surface area (Å²) in [5, 5.41) is 2.82. The van der Waals surface area contributed by atoms with E-state index in [2.05, 4.69) is 5.32 Å². The molecule has 1 aliphatic heterocycles. The summed E-state index contributed by atoms with van der Waals surface area (Å²) in [5.41, 5.74) is 0.581. The lowest BCUT2D eigenvalue weighted by Crippen LogP contribution is -2.48. The van der Waals surface area contributed by atoms with Crippen molar-refractivity contribution in [3.05, 3.63) is 35.9 Å². The second kappa shape index (κ2) is 4.74. The SMILES string of the molecule is CC1(C)SSC(=O)[C@H]1NC(=O)c1ccccc1. The van der Waals surface area contributed by atoms with Crippen LogP contribution >= 0.6 is 21.6 Å². The first kappa shape index (κ1) is 12.5. The van der Waals surface area contributed by atoms with Crippen molar-refractivity contribution < 1.29 is 9.59 Å². The Labute approximate surface area is 108 Å². The van der Waals surface area contributed by atoms with E-state index in [1.165, 1.54) is 21.6 Å². The fourth-order valence-corrected chi connectivity index (χ4v) is 4.12. The van der Waals surface area contributed by atoms with E-state index in [0.29, 0.717) is 5.56 Å². The normalized spacial score (nSPS) is 22.5. The molecule has 0 aromatic heterocycles. The number of benzene rings is 1. The minimum absolute atomic E-state index is 0.0179. The molecule has 5 heteroatoms. The zero-order chi connectivity index (χ0) is 12.5. The van der Waals surface area contributed by atoms with Crippen LogP contribution in [0.5, 0.6) is 0 Å². The highest BCUT2D eigenvalue weighted by Gasteiger charge is 2.44. The van der Waals surface area contributed by atoms with Crippen molar-refractivity contribution in [2.24, 2.45) is 0 Å². The second-order valence-corrected chi connectivity index (χ2v) is 7.15. The van der Waals surface area contributed by atoms with Crippen molar-refractivity contribution in [1.82, 2.24) is 5.32 Å². The molecule has 0 aliphatic carbocycles. The smallest absolute Gasteiger partial charge is 0.251 e. The van der Waals surface area contributed by atoms with Crippen LogP contribution in [0.3, 0.4) is 0 Å². The van der Waals surface area contributed by atoms with Crippen LogP contribution in [0.25, 0.3) is 0 Å². The van der Waals surface area contributed by atoms with E-state index in [1.54, 1.807) is 24.3 Å². The van der Waals surface area contributed by atoms with Crippen molar-refractivity contribution in [1.29, 1.82) is 0 Å². The average Bonchev–Trinajstić information content (AvgIpc) is 2.57. The van der Waals surface area contributed by atoms with Crippen molar-refractivity contribution in [3.8, 4) is 0 Å². The van der Waals surface area contributed by atoms with Crippen LogP contribution < -0.4 is 5.32 Å². The Morgan fingerprint density at radius 2 is 1.94 bits per heavy atom. The van der Waals surface area contributed by atoms with Gasteiger partial charge in [-0.05, 0) is 36.8 Å². The second-order valence-electron chi connectivity index (χ2n) is 4.36. The van der Waals surface area contributed by atoms with Gasteiger partial charge in [0.1, 0.15) is 6.04 Å². The summed E-state index contributed by atoms with van der Waals surface area (Å²) in [7, 11) is 2.72. The zero-order valence-corrected chi connectivity index (χ0v) is 11.2. The van der Waals surface area contributed by atoms with Gasteiger partial charge in [0.2, 0.25) is 5.12 Å². The van der Waals surface area contributed by atoms with Gasteiger partial charge in [0.25, 0.3) is 5.91 Å². The van der Waals surface area contributed by atoms with E-state index < -0.39 is 6.04 Å². The number of carbonyl (C=O) groups is 2. The van der Waals surface area contributed by atoms with Crippen molar-refractivity contribution in [2.75, 3.05) is 0 Å². The predicted molar refractivity (Wildman–Crippen MR) is 72.0 cm³/mol. The van der Waals surface area contributed by atoms with E-state index in [9.17, 15) is 9.59 Å². The van der Waals surface area contributed by atoms with Gasteiger partial charge in [0.15, 0.2) is 0 Å². The molecule has 0 saturated carbocycles. The molecule has 1 amide bonds. The molecule has 2 rings (SSSR count). The lowest BCUT2D eigenvalue weighted by molar-refractivity contribution is -0.112. The van der Waals surface area contributed by atoms with E-state index in [0.717, 1.165) is 0 Å². The molecule has 0 unspecified atom stereocenters. The molecular weight excluding hydrogens is 254 g/mol. The summed E-state index contributed by atoms with van der Waals surface area (Å²) in [4.78, 5) is 23.6. The van der Waals surface area contributed by atoms with Gasteiger partial charge in [-0.1, -0.05) is 29.0 Å². The molecule has 3 nitrogen and oxygen atoms in total. The molecule has 17 heavy (non-hydrogen) atoms. The van der Waals surface area contributed by atoms with Crippen LogP contribution in [0.4, 0.5) is 0 Å². The Kier molecular flexibility index (Phi) is 3.49. The molecule has 1 aromatic rings. The summed E-state index contributed by atoms with van der Waals surface area (Å²) in [6.45, 7) is 3.93. The van der Waals surface area contributed by atoms with Crippen LogP contribution in [0.1, 0.15) is 24.2 Å². The van der Waals surface area contributed by atoms with Crippen molar-refractivity contribution in [3.63, 3.8) is 0 Å². The molecule has 1 fully saturated rings. The van der Waals surface area contributed by atoms with Crippen LogP contribution in [0.2, 0.25) is 0 Å². The van der Waals surface area contributed by atoms with Gasteiger partial charge in [-0.3, -0.25) is 9.59 Å². The van der Waals surface area contributed by atoms with E-state index in [1.807, 2.05) is 19.9 Å². The number of rotatable bonds is 2. The van der Waals surface area contributed by atoms with Crippen molar-refractivity contribution >= 4 is 32.6 Å². The minimum atomic E-state index is -0.426. The summed E-state index contributed by atoms with van der Waals surface area (Å²) < 4.78 is -0.258. The molecule has 1 heterocycles. The first-order chi connectivity index (χ1) is 8.00. The molecule has 1 atom stereocenters. The van der Waals surface area contributed by atoms with Crippen LogP contribution in [0.15, 0.2) is 30.3 Å². The Balaban J connectivity index is 2.12. The summed E-state index contributed by atoms with van der Waals surface area (Å²) in [6, 6.07) is 8.52. The van der Waals surface area contributed by atoms with Gasteiger partial charge in [-0.15, -0.1) is 0 Å². The lowest BCUT2D eigenvalue weighted by atomic mass is 10.0. The van der Waals surface area contributed by atoms with Crippen LogP contribution in [0, 0.1) is 0 Å². The Morgan fingerprint density at radius 3 is 2.47 bits per heavy atom. The topological polar surface area (TPSA) is 46.2 Å². The monoisotopic (exact) mass is 267 g/mol. The molecule has 1 N–H and O–H groups in total. The highest BCUT2D eigenvalue weighted by Crippen LogP contribution is 2.47. The minimum Gasteiger partial charge on any atom is -0.340 e. The third-order valence-electron chi connectivity index (χ3n) is 2.58. The van der Waals surface area contributed by atoms with E-state index >= 15 is 0 Å². The van der Waals surface area contributed by atoms with Gasteiger partial charge in [0.05, 0.1) is 0 Å². The van der Waals surface area contributed by atoms with Crippen LogP contribution in [-0.2, 0) is 4.79 Å². The van der Waals surface area contributed by atoms with Gasteiger partial charge < -0.3 is 5.32 Å². The summed E-state index contributed by atoms with van der Waals surface area (Å²) >= 11 is 0. The van der Waals surface area contributed by atoms with Crippen molar-refractivity contribution in [2.45, 2.75) is 24.6 Å². The fraction of sp³-hybridized carbons (Fsp3) is 0.333. The maximum absolute atomic E-state index is 12.0. The lowest BCUT2D eigenvalue weighted by Gasteiger charge is -2.23. The standard InChI is InChI=1S/C12H13NO2S2/c1-12(2)9(11(15)16-17-12)13-10(14)8-6-4-3-5-7-8/h3-7,9H,1-2H3,(H,13,14)/t9-/m1/s1. The number of amides is 1. The number of nitrogens with one attached hydrogen (secondary N) is 1. The number of hydrogen-bond acceptors (Lipinski definition) is 4. The highest BCUT2D eigenvalue weighted by molar-refractivity contribution is 8.83. The van der Waals surface area contributed by atoms with Gasteiger partial charge in [-0.2, -0.15) is 0 Å². The maximum Gasteiger partial charge on any atom is 0.251 e. The highest BCUT2D eigenvalue weighted by atomic mass is 33.1. The van der Waals surface area contributed by atoms with Gasteiger partial charge in [0, 0.05) is 10.3 Å². The molecule has 0 spiro atoms. The number of carbonyl (C=O) groups excluding carboxylic acids is 2. The van der Waals surface area contributed by atoms with Gasteiger partial charge >= 0.3 is 0 Å². The van der Waals surface area contributed by atoms with E-state index in [-0.39, 0.29) is 15.8 Å². The quantitative estimate of drug-likeness (QED) is 0.836. The predicted octanol–water partition coefficient (Wildman–Crippen LogP) is 2.49. The van der Waals surface area contributed by atoms with Gasteiger partial charge in [-0.25, -0.2) is 0 Å². The first-order valence-electron chi connectivity index (χ1n) is 5.26. The molecule has 90 valence electrons.